The molecule has 0 radical (unpaired) electrons. The van der Waals surface area contributed by atoms with Crippen LogP contribution in [0.4, 0.5) is 4.39 Å². The Morgan fingerprint density at radius 1 is 1.22 bits per heavy atom. The van der Waals surface area contributed by atoms with E-state index < -0.39 is 35.7 Å². The number of hydrogen-bond acceptors (Lipinski definition) is 3. The van der Waals surface area contributed by atoms with Crippen LogP contribution < -0.4 is 10.6 Å². The van der Waals surface area contributed by atoms with Gasteiger partial charge in [0.15, 0.2) is 0 Å². The molecule has 0 aliphatic rings. The van der Waals surface area contributed by atoms with Gasteiger partial charge in [-0.15, -0.1) is 0 Å². The van der Waals surface area contributed by atoms with Crippen molar-refractivity contribution in [2.75, 3.05) is 0 Å². The van der Waals surface area contributed by atoms with Crippen molar-refractivity contribution in [3.63, 3.8) is 0 Å². The third kappa shape index (κ3) is 6.06. The molecule has 0 aromatic heterocycles. The van der Waals surface area contributed by atoms with Crippen LogP contribution in [0.3, 0.4) is 0 Å². The number of rotatable bonds is 7. The molecule has 0 fully saturated rings. The van der Waals surface area contributed by atoms with Gasteiger partial charge < -0.3 is 15.7 Å². The fourth-order valence-electron chi connectivity index (χ4n) is 2.12. The predicted molar refractivity (Wildman–Crippen MR) is 82.1 cm³/mol. The summed E-state index contributed by atoms with van der Waals surface area (Å²) in [6, 6.07) is 3.63. The summed E-state index contributed by atoms with van der Waals surface area (Å²) in [4.78, 5) is 34.8. The fourth-order valence-corrected chi connectivity index (χ4v) is 2.12. The molecule has 126 valence electrons. The molecule has 6 nitrogen and oxygen atoms in total. The molecular formula is C16H21FN2O4. The van der Waals surface area contributed by atoms with Crippen LogP contribution >= 0.6 is 0 Å². The average Bonchev–Trinajstić information content (AvgIpc) is 2.42. The Kier molecular flexibility index (Phi) is 6.68. The molecule has 0 spiro atoms. The van der Waals surface area contributed by atoms with E-state index in [0.717, 1.165) is 0 Å². The summed E-state index contributed by atoms with van der Waals surface area (Å²) in [5.74, 6) is -2.97. The first-order valence-electron chi connectivity index (χ1n) is 7.25. The lowest BCUT2D eigenvalue weighted by Crippen LogP contribution is -2.53. The highest BCUT2D eigenvalue weighted by molar-refractivity contribution is 5.90. The van der Waals surface area contributed by atoms with Gasteiger partial charge in [0.2, 0.25) is 11.8 Å². The second kappa shape index (κ2) is 8.26. The average molecular weight is 324 g/mol. The van der Waals surface area contributed by atoms with Gasteiger partial charge in [-0.25, -0.2) is 9.18 Å². The summed E-state index contributed by atoms with van der Waals surface area (Å²) in [6.45, 7) is 4.58. The molecule has 7 heteroatoms. The van der Waals surface area contributed by atoms with E-state index in [0.29, 0.717) is 5.56 Å². The van der Waals surface area contributed by atoms with Crippen LogP contribution in [0.15, 0.2) is 24.3 Å². The van der Waals surface area contributed by atoms with Crippen molar-refractivity contribution >= 4 is 17.8 Å². The van der Waals surface area contributed by atoms with Crippen molar-refractivity contribution < 1.29 is 23.9 Å². The molecule has 0 aliphatic heterocycles. The van der Waals surface area contributed by atoms with E-state index >= 15 is 0 Å². The highest BCUT2D eigenvalue weighted by atomic mass is 19.1. The normalized spacial score (nSPS) is 13.3. The number of carbonyl (C=O) groups is 3. The van der Waals surface area contributed by atoms with Gasteiger partial charge >= 0.3 is 5.97 Å². The van der Waals surface area contributed by atoms with Crippen LogP contribution in [-0.4, -0.2) is 35.0 Å². The maximum Gasteiger partial charge on any atom is 0.326 e. The summed E-state index contributed by atoms with van der Waals surface area (Å²) in [7, 11) is 0. The van der Waals surface area contributed by atoms with Crippen LogP contribution in [0.2, 0.25) is 0 Å². The van der Waals surface area contributed by atoms with Gasteiger partial charge in [-0.2, -0.15) is 0 Å². The molecule has 0 aliphatic carbocycles. The molecule has 0 saturated carbocycles. The second-order valence-electron chi connectivity index (χ2n) is 5.66. The maximum atomic E-state index is 13.2. The Hall–Kier alpha value is -2.44. The molecule has 23 heavy (non-hydrogen) atoms. The van der Waals surface area contributed by atoms with E-state index in [4.69, 9.17) is 5.11 Å². The van der Waals surface area contributed by atoms with Gasteiger partial charge in [0.1, 0.15) is 17.9 Å². The molecule has 2 atom stereocenters. The predicted octanol–water partition coefficient (Wildman–Crippen LogP) is 1.10. The Labute approximate surface area is 134 Å². The van der Waals surface area contributed by atoms with E-state index in [1.165, 1.54) is 25.1 Å². The lowest BCUT2D eigenvalue weighted by atomic mass is 10.0. The molecule has 0 bridgehead atoms. The fraction of sp³-hybridized carbons (Fsp3) is 0.438. The minimum absolute atomic E-state index is 0.0631. The van der Waals surface area contributed by atoms with Crippen molar-refractivity contribution in [2.24, 2.45) is 5.92 Å². The molecule has 2 amide bonds. The van der Waals surface area contributed by atoms with E-state index in [-0.39, 0.29) is 12.3 Å². The van der Waals surface area contributed by atoms with Crippen LogP contribution in [0.5, 0.6) is 0 Å². The van der Waals surface area contributed by atoms with Crippen LogP contribution in [0, 0.1) is 11.7 Å². The highest BCUT2D eigenvalue weighted by Gasteiger charge is 2.28. The van der Waals surface area contributed by atoms with Crippen molar-refractivity contribution in [2.45, 2.75) is 39.3 Å². The van der Waals surface area contributed by atoms with Crippen LogP contribution in [0.1, 0.15) is 26.3 Å². The number of carbonyl (C=O) groups excluding carboxylic acids is 2. The first-order chi connectivity index (χ1) is 10.7. The zero-order valence-electron chi connectivity index (χ0n) is 13.3. The summed E-state index contributed by atoms with van der Waals surface area (Å²) < 4.78 is 13.2. The number of hydrogen-bond donors (Lipinski definition) is 3. The second-order valence-corrected chi connectivity index (χ2v) is 5.66. The third-order valence-corrected chi connectivity index (χ3v) is 3.25. The van der Waals surface area contributed by atoms with Crippen molar-refractivity contribution in [1.29, 1.82) is 0 Å². The topological polar surface area (TPSA) is 95.5 Å². The zero-order chi connectivity index (χ0) is 17.6. The molecule has 3 N–H and O–H groups in total. The maximum absolute atomic E-state index is 13.2. The van der Waals surface area contributed by atoms with Crippen molar-refractivity contribution in [1.82, 2.24) is 10.6 Å². The van der Waals surface area contributed by atoms with Crippen molar-refractivity contribution in [3.8, 4) is 0 Å². The lowest BCUT2D eigenvalue weighted by Gasteiger charge is -2.23. The van der Waals surface area contributed by atoms with Gasteiger partial charge in [-0.3, -0.25) is 9.59 Å². The Morgan fingerprint density at radius 3 is 2.35 bits per heavy atom. The smallest absolute Gasteiger partial charge is 0.326 e. The molecule has 0 unspecified atom stereocenters. The standard InChI is InChI=1S/C16H21FN2O4/c1-9(2)14(16(22)23)19-15(21)13(18-10(3)20)8-11-5-4-6-12(17)7-11/h4-7,9,13-14H,8H2,1-3H3,(H,18,20)(H,19,21)(H,22,23)/t13-,14+/m1/s1. The van der Waals surface area contributed by atoms with Crippen molar-refractivity contribution in [3.05, 3.63) is 35.6 Å². The Bertz CT molecular complexity index is 589. The molecular weight excluding hydrogens is 303 g/mol. The van der Waals surface area contributed by atoms with E-state index in [1.807, 2.05) is 0 Å². The SMILES string of the molecule is CC(=O)N[C@H](Cc1cccc(F)c1)C(=O)N[C@H](C(=O)O)C(C)C. The van der Waals surface area contributed by atoms with Gasteiger partial charge in [0.25, 0.3) is 0 Å². The lowest BCUT2D eigenvalue weighted by molar-refractivity contribution is -0.143. The summed E-state index contributed by atoms with van der Waals surface area (Å²) in [6.07, 6.45) is 0.0631. The highest BCUT2D eigenvalue weighted by Crippen LogP contribution is 2.08. The monoisotopic (exact) mass is 324 g/mol. The van der Waals surface area contributed by atoms with E-state index in [2.05, 4.69) is 10.6 Å². The first-order valence-corrected chi connectivity index (χ1v) is 7.25. The van der Waals surface area contributed by atoms with E-state index in [9.17, 15) is 18.8 Å². The largest absolute Gasteiger partial charge is 0.480 e. The van der Waals surface area contributed by atoms with Crippen LogP contribution in [0.25, 0.3) is 0 Å². The summed E-state index contributed by atoms with van der Waals surface area (Å²) in [5, 5.41) is 14.0. The summed E-state index contributed by atoms with van der Waals surface area (Å²) in [5.41, 5.74) is 0.523. The van der Waals surface area contributed by atoms with E-state index in [1.54, 1.807) is 19.9 Å². The number of halogens is 1. The zero-order valence-corrected chi connectivity index (χ0v) is 13.3. The molecule has 1 aromatic rings. The van der Waals surface area contributed by atoms with Gasteiger partial charge in [-0.1, -0.05) is 26.0 Å². The molecule has 1 aromatic carbocycles. The minimum atomic E-state index is -1.15. The summed E-state index contributed by atoms with van der Waals surface area (Å²) >= 11 is 0. The van der Waals surface area contributed by atoms with Gasteiger partial charge in [0.05, 0.1) is 0 Å². The third-order valence-electron chi connectivity index (χ3n) is 3.25. The number of carboxylic acid groups (broad SMARTS) is 1. The first kappa shape index (κ1) is 18.6. The molecule has 1 rings (SSSR count). The number of aliphatic carboxylic acids is 1. The minimum Gasteiger partial charge on any atom is -0.480 e. The number of carboxylic acids is 1. The van der Waals surface area contributed by atoms with Gasteiger partial charge in [0, 0.05) is 13.3 Å². The van der Waals surface area contributed by atoms with Gasteiger partial charge in [-0.05, 0) is 23.6 Å². The number of amides is 2. The number of benzene rings is 1. The Morgan fingerprint density at radius 2 is 1.87 bits per heavy atom. The quantitative estimate of drug-likeness (QED) is 0.700. The molecule has 0 heterocycles. The molecule has 0 saturated heterocycles. The number of nitrogens with one attached hydrogen (secondary N) is 2. The van der Waals surface area contributed by atoms with Crippen LogP contribution in [-0.2, 0) is 20.8 Å². The Balaban J connectivity index is 2.90.